The average molecular weight is 343 g/mol. The Hall–Kier alpha value is -1.70. The molecule has 2 aromatic rings. The van der Waals surface area contributed by atoms with Crippen LogP contribution in [0.25, 0.3) is 5.69 Å². The molecule has 1 saturated heterocycles. The Bertz CT molecular complexity index is 627. The van der Waals surface area contributed by atoms with Crippen LogP contribution in [0.5, 0.6) is 0 Å². The molecule has 1 aliphatic rings. The third kappa shape index (κ3) is 3.73. The van der Waals surface area contributed by atoms with Crippen LogP contribution in [-0.4, -0.2) is 45.2 Å². The van der Waals surface area contributed by atoms with Crippen LogP contribution in [-0.2, 0) is 0 Å². The van der Waals surface area contributed by atoms with Crippen molar-refractivity contribution in [1.82, 2.24) is 30.8 Å². The number of carbonyl (C=O) groups excluding carboxylic acids is 1. The molecule has 2 N–H and O–H groups in total. The summed E-state index contributed by atoms with van der Waals surface area (Å²) in [5.74, 6) is -0.170. The van der Waals surface area contributed by atoms with Gasteiger partial charge in [0, 0.05) is 17.6 Å². The van der Waals surface area contributed by atoms with Gasteiger partial charge in [-0.3, -0.25) is 4.79 Å². The van der Waals surface area contributed by atoms with Crippen molar-refractivity contribution in [2.24, 2.45) is 0 Å². The minimum Gasteiger partial charge on any atom is -0.348 e. The van der Waals surface area contributed by atoms with Gasteiger partial charge in [0.1, 0.15) is 6.33 Å². The molecular formula is C13H16Cl2N6O. The lowest BCUT2D eigenvalue weighted by Crippen LogP contribution is -2.45. The van der Waals surface area contributed by atoms with Crippen molar-refractivity contribution in [3.05, 3.63) is 35.1 Å². The summed E-state index contributed by atoms with van der Waals surface area (Å²) < 4.78 is 1.45. The van der Waals surface area contributed by atoms with Gasteiger partial charge in [0.2, 0.25) is 0 Å². The minimum absolute atomic E-state index is 0. The van der Waals surface area contributed by atoms with Crippen LogP contribution in [0, 0.1) is 0 Å². The highest BCUT2D eigenvalue weighted by molar-refractivity contribution is 6.31. The summed E-state index contributed by atoms with van der Waals surface area (Å²) in [6.45, 7) is 1.78. The molecule has 1 aliphatic heterocycles. The molecule has 0 saturated carbocycles. The molecule has 3 rings (SSSR count). The Morgan fingerprint density at radius 2 is 2.32 bits per heavy atom. The van der Waals surface area contributed by atoms with Crippen LogP contribution in [0.3, 0.4) is 0 Å². The van der Waals surface area contributed by atoms with E-state index < -0.39 is 0 Å². The van der Waals surface area contributed by atoms with Gasteiger partial charge in [-0.2, -0.15) is 4.68 Å². The van der Waals surface area contributed by atoms with Crippen molar-refractivity contribution < 1.29 is 4.79 Å². The lowest BCUT2D eigenvalue weighted by molar-refractivity contribution is 0.0930. The molecule has 1 unspecified atom stereocenters. The summed E-state index contributed by atoms with van der Waals surface area (Å²) >= 11 is 6.01. The zero-order valence-electron chi connectivity index (χ0n) is 11.7. The number of benzene rings is 1. The van der Waals surface area contributed by atoms with Gasteiger partial charge in [-0.25, -0.2) is 0 Å². The molecule has 1 aromatic carbocycles. The Kier molecular flexibility index (Phi) is 5.70. The molecule has 22 heavy (non-hydrogen) atoms. The molecule has 1 fully saturated rings. The number of nitrogens with zero attached hydrogens (tertiary/aromatic N) is 4. The van der Waals surface area contributed by atoms with E-state index >= 15 is 0 Å². The smallest absolute Gasteiger partial charge is 0.253 e. The summed E-state index contributed by atoms with van der Waals surface area (Å²) in [6.07, 6.45) is 3.47. The minimum atomic E-state index is -0.170. The van der Waals surface area contributed by atoms with Crippen molar-refractivity contribution in [2.75, 3.05) is 13.1 Å². The van der Waals surface area contributed by atoms with E-state index in [1.54, 1.807) is 18.2 Å². The molecule has 0 bridgehead atoms. The third-order valence-electron chi connectivity index (χ3n) is 3.43. The monoisotopic (exact) mass is 342 g/mol. The predicted molar refractivity (Wildman–Crippen MR) is 84.8 cm³/mol. The maximum absolute atomic E-state index is 12.5. The summed E-state index contributed by atoms with van der Waals surface area (Å²) in [5.41, 5.74) is 1.06. The lowest BCUT2D eigenvalue weighted by atomic mass is 10.1. The van der Waals surface area contributed by atoms with Gasteiger partial charge in [0.05, 0.1) is 11.3 Å². The Labute approximate surface area is 138 Å². The second kappa shape index (κ2) is 7.53. The van der Waals surface area contributed by atoms with Gasteiger partial charge in [-0.05, 0) is 48.0 Å². The number of rotatable bonds is 3. The number of nitrogens with one attached hydrogen (secondary N) is 2. The fourth-order valence-electron chi connectivity index (χ4n) is 2.40. The van der Waals surface area contributed by atoms with Crippen molar-refractivity contribution in [3.8, 4) is 5.69 Å². The molecule has 2 heterocycles. The van der Waals surface area contributed by atoms with E-state index in [2.05, 4.69) is 26.2 Å². The summed E-state index contributed by atoms with van der Waals surface area (Å²) in [7, 11) is 0. The van der Waals surface area contributed by atoms with Gasteiger partial charge < -0.3 is 10.6 Å². The van der Waals surface area contributed by atoms with E-state index in [9.17, 15) is 4.79 Å². The van der Waals surface area contributed by atoms with E-state index in [4.69, 9.17) is 11.6 Å². The van der Waals surface area contributed by atoms with Crippen molar-refractivity contribution in [2.45, 2.75) is 18.9 Å². The topological polar surface area (TPSA) is 84.7 Å². The van der Waals surface area contributed by atoms with Crippen LogP contribution < -0.4 is 10.6 Å². The molecular weight excluding hydrogens is 327 g/mol. The van der Waals surface area contributed by atoms with Gasteiger partial charge in [-0.15, -0.1) is 17.5 Å². The standard InChI is InChI=1S/C13H15ClN6O.ClH/c14-9-3-4-12(20-8-16-18-19-20)11(6-9)13(21)17-10-2-1-5-15-7-10;/h3-4,6,8,10,15H,1-2,5,7H2,(H,17,21);1H. The Morgan fingerprint density at radius 3 is 3.00 bits per heavy atom. The first-order valence-electron chi connectivity index (χ1n) is 6.78. The average Bonchev–Trinajstić information content (AvgIpc) is 3.02. The van der Waals surface area contributed by atoms with Crippen LogP contribution in [0.4, 0.5) is 0 Å². The summed E-state index contributed by atoms with van der Waals surface area (Å²) in [6, 6.07) is 5.20. The maximum atomic E-state index is 12.5. The number of piperidine rings is 1. The summed E-state index contributed by atoms with van der Waals surface area (Å²) in [4.78, 5) is 12.5. The second-order valence-corrected chi connectivity index (χ2v) is 5.37. The highest BCUT2D eigenvalue weighted by Crippen LogP contribution is 2.19. The number of hydrogen-bond acceptors (Lipinski definition) is 5. The van der Waals surface area contributed by atoms with Crippen LogP contribution in [0.15, 0.2) is 24.5 Å². The third-order valence-corrected chi connectivity index (χ3v) is 3.67. The number of carbonyl (C=O) groups is 1. The number of amides is 1. The molecule has 118 valence electrons. The van der Waals surface area contributed by atoms with E-state index in [1.807, 2.05) is 0 Å². The number of hydrogen-bond donors (Lipinski definition) is 2. The zero-order chi connectivity index (χ0) is 14.7. The van der Waals surface area contributed by atoms with Gasteiger partial charge in [0.15, 0.2) is 0 Å². The van der Waals surface area contributed by atoms with E-state index in [0.29, 0.717) is 16.3 Å². The second-order valence-electron chi connectivity index (χ2n) is 4.93. The largest absolute Gasteiger partial charge is 0.348 e. The molecule has 1 amide bonds. The first-order valence-corrected chi connectivity index (χ1v) is 7.16. The number of halogens is 2. The molecule has 9 heteroatoms. The lowest BCUT2D eigenvalue weighted by Gasteiger charge is -2.24. The number of aromatic nitrogens is 4. The maximum Gasteiger partial charge on any atom is 0.253 e. The zero-order valence-corrected chi connectivity index (χ0v) is 13.3. The van der Waals surface area contributed by atoms with Crippen LogP contribution >= 0.6 is 24.0 Å². The highest BCUT2D eigenvalue weighted by atomic mass is 35.5. The summed E-state index contributed by atoms with van der Waals surface area (Å²) in [5, 5.41) is 17.8. The highest BCUT2D eigenvalue weighted by Gasteiger charge is 2.19. The first-order chi connectivity index (χ1) is 10.2. The molecule has 0 aliphatic carbocycles. The van der Waals surface area contributed by atoms with Gasteiger partial charge >= 0.3 is 0 Å². The SMILES string of the molecule is Cl.O=C(NC1CCCNC1)c1cc(Cl)ccc1-n1cnnn1. The number of tetrazole rings is 1. The van der Waals surface area contributed by atoms with Crippen LogP contribution in [0.1, 0.15) is 23.2 Å². The van der Waals surface area contributed by atoms with Gasteiger partial charge in [0.25, 0.3) is 5.91 Å². The molecule has 0 radical (unpaired) electrons. The normalized spacial score (nSPS) is 17.6. The molecule has 7 nitrogen and oxygen atoms in total. The molecule has 1 atom stereocenters. The first kappa shape index (κ1) is 16.7. The van der Waals surface area contributed by atoms with Gasteiger partial charge in [-0.1, -0.05) is 11.6 Å². The molecule has 0 spiro atoms. The quantitative estimate of drug-likeness (QED) is 0.875. The van der Waals surface area contributed by atoms with E-state index in [0.717, 1.165) is 25.9 Å². The van der Waals surface area contributed by atoms with Crippen molar-refractivity contribution >= 4 is 29.9 Å². The van der Waals surface area contributed by atoms with Crippen molar-refractivity contribution in [3.63, 3.8) is 0 Å². The fraction of sp³-hybridized carbons (Fsp3) is 0.385. The van der Waals surface area contributed by atoms with Crippen LogP contribution in [0.2, 0.25) is 5.02 Å². The predicted octanol–water partition coefficient (Wildman–Crippen LogP) is 1.22. The molecule has 1 aromatic heterocycles. The Morgan fingerprint density at radius 1 is 1.45 bits per heavy atom. The fourth-order valence-corrected chi connectivity index (χ4v) is 2.57. The van der Waals surface area contributed by atoms with Crippen molar-refractivity contribution in [1.29, 1.82) is 0 Å². The van der Waals surface area contributed by atoms with E-state index in [1.165, 1.54) is 11.0 Å². The Balaban J connectivity index is 0.00000176. The van der Waals surface area contributed by atoms with E-state index in [-0.39, 0.29) is 24.4 Å².